The fourth-order valence-corrected chi connectivity index (χ4v) is 7.76. The van der Waals surface area contributed by atoms with Crippen molar-refractivity contribution in [2.75, 3.05) is 0 Å². The molecule has 0 heterocycles. The summed E-state index contributed by atoms with van der Waals surface area (Å²) in [6.07, 6.45) is 4.43. The average molecular weight is 364 g/mol. The van der Waals surface area contributed by atoms with Gasteiger partial charge in [0, 0.05) is 23.7 Å². The van der Waals surface area contributed by atoms with E-state index in [4.69, 9.17) is 0 Å². The molecule has 0 aromatic rings. The Morgan fingerprint density at radius 3 is 2.50 bits per heavy atom. The fourth-order valence-electron chi connectivity index (χ4n) is 7.76. The van der Waals surface area contributed by atoms with Crippen LogP contribution in [0.25, 0.3) is 0 Å². The smallest absolute Gasteiger partial charge is 0.213 e. The van der Waals surface area contributed by atoms with E-state index in [0.717, 1.165) is 38.5 Å². The average Bonchev–Trinajstić information content (AvgIpc) is 2.91. The van der Waals surface area contributed by atoms with E-state index in [1.165, 1.54) is 0 Å². The predicted octanol–water partition coefficient (Wildman–Crippen LogP) is 2.07. The number of carbonyl (C=O) groups excluding carboxylic acids is 2. The summed E-state index contributed by atoms with van der Waals surface area (Å²) in [5, 5.41) is 29.7. The van der Waals surface area contributed by atoms with Crippen LogP contribution in [0, 0.1) is 40.4 Å². The summed E-state index contributed by atoms with van der Waals surface area (Å²) in [6, 6.07) is 0. The van der Waals surface area contributed by atoms with Gasteiger partial charge in [0.05, 0.1) is 6.10 Å². The van der Waals surface area contributed by atoms with Crippen LogP contribution < -0.4 is 0 Å². The van der Waals surface area contributed by atoms with E-state index in [1.54, 1.807) is 0 Å². The summed E-state index contributed by atoms with van der Waals surface area (Å²) < 4.78 is 0. The molecule has 146 valence electrons. The lowest BCUT2D eigenvalue weighted by Gasteiger charge is -2.60. The lowest BCUT2D eigenvalue weighted by atomic mass is 9.43. The first kappa shape index (κ1) is 18.6. The summed E-state index contributed by atoms with van der Waals surface area (Å²) in [7, 11) is 0. The van der Waals surface area contributed by atoms with Gasteiger partial charge in [0.15, 0.2) is 5.78 Å². The van der Waals surface area contributed by atoms with E-state index in [1.807, 2.05) is 6.92 Å². The third kappa shape index (κ3) is 2.33. The summed E-state index contributed by atoms with van der Waals surface area (Å²) in [5.74, 6) is -0.0118. The van der Waals surface area contributed by atoms with E-state index in [0.29, 0.717) is 18.8 Å². The molecule has 5 heteroatoms. The monoisotopic (exact) mass is 364 g/mol. The molecule has 4 aliphatic rings. The molecule has 0 radical (unpaired) electrons. The molecule has 4 fully saturated rings. The maximum Gasteiger partial charge on any atom is 0.213 e. The third-order valence-electron chi connectivity index (χ3n) is 9.00. The normalized spacial score (nSPS) is 50.9. The van der Waals surface area contributed by atoms with E-state index >= 15 is 0 Å². The van der Waals surface area contributed by atoms with Gasteiger partial charge in [-0.05, 0) is 61.7 Å². The summed E-state index contributed by atoms with van der Waals surface area (Å²) in [4.78, 5) is 25.7. The third-order valence-corrected chi connectivity index (χ3v) is 9.00. The van der Waals surface area contributed by atoms with Gasteiger partial charge < -0.3 is 15.3 Å². The summed E-state index contributed by atoms with van der Waals surface area (Å²) >= 11 is 0. The van der Waals surface area contributed by atoms with Crippen LogP contribution in [-0.4, -0.2) is 39.3 Å². The molecule has 0 aromatic heterocycles. The molecular weight excluding hydrogens is 332 g/mol. The van der Waals surface area contributed by atoms with E-state index in [9.17, 15) is 24.9 Å². The molecule has 4 rings (SSSR count). The molecule has 0 aliphatic heterocycles. The molecule has 0 spiro atoms. The molecular formula is C21H32O5. The Balaban J connectivity index is 1.69. The Labute approximate surface area is 155 Å². The second-order valence-electron chi connectivity index (χ2n) is 9.89. The quantitative estimate of drug-likeness (QED) is 0.652. The lowest BCUT2D eigenvalue weighted by Crippen LogP contribution is -2.61. The predicted molar refractivity (Wildman–Crippen MR) is 94.8 cm³/mol. The first-order valence-electron chi connectivity index (χ1n) is 10.3. The van der Waals surface area contributed by atoms with Crippen LogP contribution in [0.1, 0.15) is 65.2 Å². The van der Waals surface area contributed by atoms with Crippen molar-refractivity contribution in [1.82, 2.24) is 0 Å². The molecule has 0 amide bonds. The topological polar surface area (TPSA) is 94.8 Å². The number of ketones is 2. The Kier molecular flexibility index (Phi) is 4.37. The zero-order valence-corrected chi connectivity index (χ0v) is 15.9. The second-order valence-corrected chi connectivity index (χ2v) is 9.89. The first-order valence-corrected chi connectivity index (χ1v) is 10.3. The Hall–Kier alpha value is -0.780. The summed E-state index contributed by atoms with van der Waals surface area (Å²) in [6.45, 7) is 4.14. The van der Waals surface area contributed by atoms with Gasteiger partial charge in [0.1, 0.15) is 5.78 Å². The molecule has 4 aliphatic carbocycles. The van der Waals surface area contributed by atoms with Gasteiger partial charge in [-0.15, -0.1) is 0 Å². The van der Waals surface area contributed by atoms with Gasteiger partial charge >= 0.3 is 0 Å². The highest BCUT2D eigenvalue weighted by Gasteiger charge is 2.65. The van der Waals surface area contributed by atoms with Crippen molar-refractivity contribution in [1.29, 1.82) is 0 Å². The zero-order chi connectivity index (χ0) is 18.9. The Morgan fingerprint density at radius 1 is 1.08 bits per heavy atom. The highest BCUT2D eigenvalue weighted by atomic mass is 16.5. The SMILES string of the molecule is C[C@]12CC(=O)[C@H]3[C@@H](CC[C@H]4CCCC(O)[C@@]43C)[C@@H]1CC[C@@H]2C(=O)C(O)O. The first-order chi connectivity index (χ1) is 12.2. The molecule has 0 aromatic carbocycles. The molecule has 1 unspecified atom stereocenters. The molecule has 26 heavy (non-hydrogen) atoms. The van der Waals surface area contributed by atoms with Crippen LogP contribution in [0.2, 0.25) is 0 Å². The standard InChI is InChI=1S/C21H32O5/c1-20-10-15(22)17-12(13(20)8-9-14(20)18(24)19(25)26)7-6-11-4-3-5-16(23)21(11,17)2/h11-14,16-17,19,23,25-26H,3-10H2,1-2H3/t11-,12+,13+,14-,16?,17-,20+,21-/m1/s1. The lowest BCUT2D eigenvalue weighted by molar-refractivity contribution is -0.179. The zero-order valence-electron chi connectivity index (χ0n) is 15.9. The maximum absolute atomic E-state index is 13.4. The van der Waals surface area contributed by atoms with Crippen LogP contribution in [0.15, 0.2) is 0 Å². The second kappa shape index (κ2) is 6.11. The van der Waals surface area contributed by atoms with Gasteiger partial charge in [-0.1, -0.05) is 20.3 Å². The van der Waals surface area contributed by atoms with Crippen molar-refractivity contribution in [2.24, 2.45) is 40.4 Å². The molecule has 8 atom stereocenters. The number of Topliss-reactive ketones (excluding diaryl/α,β-unsaturated/α-hetero) is 2. The van der Waals surface area contributed by atoms with Gasteiger partial charge in [0.2, 0.25) is 6.29 Å². The number of hydrogen-bond donors (Lipinski definition) is 3. The van der Waals surface area contributed by atoms with Gasteiger partial charge in [0.25, 0.3) is 0 Å². The highest BCUT2D eigenvalue weighted by molar-refractivity contribution is 5.89. The van der Waals surface area contributed by atoms with Gasteiger partial charge in [-0.2, -0.15) is 0 Å². The molecule has 0 bridgehead atoms. The van der Waals surface area contributed by atoms with Crippen LogP contribution in [-0.2, 0) is 9.59 Å². The minimum atomic E-state index is -1.95. The van der Waals surface area contributed by atoms with Crippen LogP contribution in [0.3, 0.4) is 0 Å². The van der Waals surface area contributed by atoms with Crippen molar-refractivity contribution >= 4 is 11.6 Å². The number of carbonyl (C=O) groups is 2. The maximum atomic E-state index is 13.4. The Bertz CT molecular complexity index is 616. The van der Waals surface area contributed by atoms with Crippen molar-refractivity contribution < 1.29 is 24.9 Å². The van der Waals surface area contributed by atoms with Gasteiger partial charge in [-0.3, -0.25) is 9.59 Å². The molecule has 4 saturated carbocycles. The van der Waals surface area contributed by atoms with Crippen LogP contribution in [0.4, 0.5) is 0 Å². The summed E-state index contributed by atoms with van der Waals surface area (Å²) in [5.41, 5.74) is -0.806. The number of aliphatic hydroxyl groups excluding tert-OH is 2. The van der Waals surface area contributed by atoms with E-state index in [-0.39, 0.29) is 29.0 Å². The van der Waals surface area contributed by atoms with E-state index < -0.39 is 29.5 Å². The number of rotatable bonds is 2. The Morgan fingerprint density at radius 2 is 1.81 bits per heavy atom. The van der Waals surface area contributed by atoms with Crippen LogP contribution >= 0.6 is 0 Å². The highest BCUT2D eigenvalue weighted by Crippen LogP contribution is 2.66. The molecule has 5 nitrogen and oxygen atoms in total. The van der Waals surface area contributed by atoms with Crippen molar-refractivity contribution in [2.45, 2.75) is 77.6 Å². The van der Waals surface area contributed by atoms with Crippen molar-refractivity contribution in [3.63, 3.8) is 0 Å². The molecule has 0 saturated heterocycles. The van der Waals surface area contributed by atoms with E-state index in [2.05, 4.69) is 6.92 Å². The number of aliphatic hydroxyl groups is 3. The van der Waals surface area contributed by atoms with Crippen molar-refractivity contribution in [3.05, 3.63) is 0 Å². The largest absolute Gasteiger partial charge is 0.393 e. The molecule has 3 N–H and O–H groups in total. The fraction of sp³-hybridized carbons (Fsp3) is 0.905. The minimum absolute atomic E-state index is 0.109. The van der Waals surface area contributed by atoms with Gasteiger partial charge in [-0.25, -0.2) is 0 Å². The minimum Gasteiger partial charge on any atom is -0.393 e. The number of hydrogen-bond acceptors (Lipinski definition) is 5. The van der Waals surface area contributed by atoms with Crippen molar-refractivity contribution in [3.8, 4) is 0 Å². The number of fused-ring (bicyclic) bond motifs is 5. The van der Waals surface area contributed by atoms with Crippen LogP contribution in [0.5, 0.6) is 0 Å².